The van der Waals surface area contributed by atoms with Crippen LogP contribution >= 0.6 is 0 Å². The van der Waals surface area contributed by atoms with Crippen molar-refractivity contribution in [2.75, 3.05) is 19.6 Å². The fourth-order valence-electron chi connectivity index (χ4n) is 2.92. The first kappa shape index (κ1) is 13.4. The van der Waals surface area contributed by atoms with Crippen LogP contribution in [0.3, 0.4) is 0 Å². The van der Waals surface area contributed by atoms with Crippen LogP contribution in [0.2, 0.25) is 0 Å². The van der Waals surface area contributed by atoms with Gasteiger partial charge in [-0.15, -0.1) is 0 Å². The van der Waals surface area contributed by atoms with Gasteiger partial charge in [0.1, 0.15) is 0 Å². The first-order chi connectivity index (χ1) is 8.29. The van der Waals surface area contributed by atoms with Crippen LogP contribution in [0.15, 0.2) is 0 Å². The Bertz CT molecular complexity index is 213. The van der Waals surface area contributed by atoms with Gasteiger partial charge in [0, 0.05) is 18.6 Å². The highest BCUT2D eigenvalue weighted by Crippen LogP contribution is 2.23. The third kappa shape index (κ3) is 4.59. The Labute approximate surface area is 107 Å². The Morgan fingerprint density at radius 3 is 2.76 bits per heavy atom. The number of hydrogen-bond donors (Lipinski definition) is 1. The van der Waals surface area contributed by atoms with Crippen LogP contribution in [0.5, 0.6) is 0 Å². The average Bonchev–Trinajstić information content (AvgIpc) is 3.04. The van der Waals surface area contributed by atoms with Gasteiger partial charge in [-0.05, 0) is 51.6 Å². The zero-order chi connectivity index (χ0) is 12.1. The van der Waals surface area contributed by atoms with Gasteiger partial charge in [0.05, 0.1) is 0 Å². The Balaban J connectivity index is 1.58. The smallest absolute Gasteiger partial charge is 0.00683 e. The number of hydrogen-bond acceptors (Lipinski definition) is 2. The van der Waals surface area contributed by atoms with E-state index in [9.17, 15) is 0 Å². The lowest BCUT2D eigenvalue weighted by Crippen LogP contribution is -2.33. The van der Waals surface area contributed by atoms with Crippen LogP contribution in [0.25, 0.3) is 0 Å². The van der Waals surface area contributed by atoms with Crippen molar-refractivity contribution < 1.29 is 0 Å². The van der Waals surface area contributed by atoms with Crippen LogP contribution in [0.1, 0.15) is 58.8 Å². The molecule has 0 aromatic heterocycles. The van der Waals surface area contributed by atoms with E-state index in [1.807, 2.05) is 0 Å². The molecule has 0 aromatic rings. The van der Waals surface area contributed by atoms with Crippen molar-refractivity contribution in [1.29, 1.82) is 0 Å². The Kier molecular flexibility index (Phi) is 5.30. The normalized spacial score (nSPS) is 27.5. The van der Waals surface area contributed by atoms with Gasteiger partial charge in [0.2, 0.25) is 0 Å². The highest BCUT2D eigenvalue weighted by molar-refractivity contribution is 4.85. The predicted octanol–water partition coefficient (Wildman–Crippen LogP) is 3.03. The number of rotatable bonds is 8. The first-order valence-electron chi connectivity index (χ1n) is 7.77. The van der Waals surface area contributed by atoms with E-state index in [2.05, 4.69) is 24.1 Å². The van der Waals surface area contributed by atoms with Crippen LogP contribution in [-0.4, -0.2) is 36.6 Å². The number of unbranched alkanes of at least 4 members (excludes halogenated alkanes) is 2. The zero-order valence-electron chi connectivity index (χ0n) is 11.8. The summed E-state index contributed by atoms with van der Waals surface area (Å²) in [6, 6.07) is 1.69. The molecule has 2 fully saturated rings. The van der Waals surface area contributed by atoms with Crippen molar-refractivity contribution >= 4 is 0 Å². The Hall–Kier alpha value is -0.0800. The van der Waals surface area contributed by atoms with Gasteiger partial charge < -0.3 is 10.2 Å². The summed E-state index contributed by atoms with van der Waals surface area (Å²) in [5.74, 6) is 0.921. The maximum Gasteiger partial charge on any atom is 0.00683 e. The lowest BCUT2D eigenvalue weighted by atomic mass is 10.1. The van der Waals surface area contributed by atoms with Crippen molar-refractivity contribution in [2.24, 2.45) is 5.92 Å². The maximum absolute atomic E-state index is 3.68. The molecule has 17 heavy (non-hydrogen) atoms. The summed E-state index contributed by atoms with van der Waals surface area (Å²) in [7, 11) is 0. The second kappa shape index (κ2) is 6.75. The van der Waals surface area contributed by atoms with Crippen molar-refractivity contribution in [3.63, 3.8) is 0 Å². The molecular formula is C15H30N2. The second-order valence-electron chi connectivity index (χ2n) is 6.18. The monoisotopic (exact) mass is 238 g/mol. The molecule has 0 bridgehead atoms. The summed E-state index contributed by atoms with van der Waals surface area (Å²) in [4.78, 5) is 2.72. The van der Waals surface area contributed by atoms with Gasteiger partial charge in [0.25, 0.3) is 0 Å². The minimum Gasteiger partial charge on any atom is -0.314 e. The van der Waals surface area contributed by atoms with E-state index in [0.717, 1.165) is 18.0 Å². The number of nitrogens with one attached hydrogen (secondary N) is 1. The van der Waals surface area contributed by atoms with Crippen molar-refractivity contribution in [3.05, 3.63) is 0 Å². The predicted molar refractivity (Wildman–Crippen MR) is 74.3 cm³/mol. The van der Waals surface area contributed by atoms with Gasteiger partial charge in [-0.2, -0.15) is 0 Å². The van der Waals surface area contributed by atoms with Crippen molar-refractivity contribution in [2.45, 2.75) is 70.9 Å². The SMILES string of the molecule is CCCCCC(C)N1CCC(CNC2CC2)C1. The molecular weight excluding hydrogens is 208 g/mol. The van der Waals surface area contributed by atoms with Crippen molar-refractivity contribution in [3.8, 4) is 0 Å². The second-order valence-corrected chi connectivity index (χ2v) is 6.18. The van der Waals surface area contributed by atoms with Crippen LogP contribution in [-0.2, 0) is 0 Å². The third-order valence-corrected chi connectivity index (χ3v) is 4.44. The molecule has 2 atom stereocenters. The zero-order valence-corrected chi connectivity index (χ0v) is 11.8. The molecule has 2 unspecified atom stereocenters. The third-order valence-electron chi connectivity index (χ3n) is 4.44. The van der Waals surface area contributed by atoms with E-state index in [-0.39, 0.29) is 0 Å². The minimum atomic E-state index is 0.812. The van der Waals surface area contributed by atoms with Gasteiger partial charge in [-0.25, -0.2) is 0 Å². The van der Waals surface area contributed by atoms with E-state index in [1.54, 1.807) is 0 Å². The topological polar surface area (TPSA) is 15.3 Å². The van der Waals surface area contributed by atoms with E-state index >= 15 is 0 Å². The standard InChI is InChI=1S/C15H30N2/c1-3-4-5-6-13(2)17-10-9-14(12-17)11-16-15-7-8-15/h13-16H,3-12H2,1-2H3. The summed E-state index contributed by atoms with van der Waals surface area (Å²) < 4.78 is 0. The minimum absolute atomic E-state index is 0.812. The van der Waals surface area contributed by atoms with E-state index in [0.29, 0.717) is 0 Å². The fourth-order valence-corrected chi connectivity index (χ4v) is 2.92. The molecule has 0 aromatic carbocycles. The number of likely N-dealkylation sites (tertiary alicyclic amines) is 1. The lowest BCUT2D eigenvalue weighted by molar-refractivity contribution is 0.233. The summed E-state index contributed by atoms with van der Waals surface area (Å²) in [6.45, 7) is 8.66. The summed E-state index contributed by atoms with van der Waals surface area (Å²) in [6.07, 6.45) is 9.83. The Morgan fingerprint density at radius 2 is 2.06 bits per heavy atom. The van der Waals surface area contributed by atoms with E-state index in [1.165, 1.54) is 64.6 Å². The van der Waals surface area contributed by atoms with Gasteiger partial charge in [-0.1, -0.05) is 26.2 Å². The molecule has 2 aliphatic rings. The highest BCUT2D eigenvalue weighted by Gasteiger charge is 2.27. The van der Waals surface area contributed by atoms with Gasteiger partial charge in [-0.3, -0.25) is 0 Å². The number of nitrogens with zero attached hydrogens (tertiary/aromatic N) is 1. The van der Waals surface area contributed by atoms with Crippen molar-refractivity contribution in [1.82, 2.24) is 10.2 Å². The molecule has 0 spiro atoms. The van der Waals surface area contributed by atoms with E-state index in [4.69, 9.17) is 0 Å². The molecule has 1 saturated carbocycles. The molecule has 1 N–H and O–H groups in total. The van der Waals surface area contributed by atoms with Gasteiger partial charge in [0.15, 0.2) is 0 Å². The molecule has 2 nitrogen and oxygen atoms in total. The quantitative estimate of drug-likeness (QED) is 0.654. The Morgan fingerprint density at radius 1 is 1.24 bits per heavy atom. The van der Waals surface area contributed by atoms with Crippen LogP contribution < -0.4 is 5.32 Å². The summed E-state index contributed by atoms with van der Waals surface area (Å²) >= 11 is 0. The molecule has 1 aliphatic carbocycles. The summed E-state index contributed by atoms with van der Waals surface area (Å²) in [5, 5.41) is 3.68. The molecule has 1 aliphatic heterocycles. The maximum atomic E-state index is 3.68. The molecule has 0 radical (unpaired) electrons. The lowest BCUT2D eigenvalue weighted by Gasteiger charge is -2.24. The molecule has 100 valence electrons. The van der Waals surface area contributed by atoms with Crippen LogP contribution in [0, 0.1) is 5.92 Å². The molecule has 2 heteroatoms. The largest absolute Gasteiger partial charge is 0.314 e. The molecule has 2 rings (SSSR count). The molecule has 0 amide bonds. The summed E-state index contributed by atoms with van der Waals surface area (Å²) in [5.41, 5.74) is 0. The van der Waals surface area contributed by atoms with Crippen LogP contribution in [0.4, 0.5) is 0 Å². The fraction of sp³-hybridized carbons (Fsp3) is 1.00. The molecule has 1 heterocycles. The first-order valence-corrected chi connectivity index (χ1v) is 7.77. The highest BCUT2D eigenvalue weighted by atomic mass is 15.2. The van der Waals surface area contributed by atoms with Gasteiger partial charge >= 0.3 is 0 Å². The van der Waals surface area contributed by atoms with E-state index < -0.39 is 0 Å². The average molecular weight is 238 g/mol. The molecule has 1 saturated heterocycles.